The zero-order valence-electron chi connectivity index (χ0n) is 12.2. The maximum absolute atomic E-state index is 13.1. The van der Waals surface area contributed by atoms with Crippen LogP contribution in [0.1, 0.15) is 25.3 Å². The molecule has 0 spiro atoms. The van der Waals surface area contributed by atoms with Crippen molar-refractivity contribution < 1.29 is 4.39 Å². The summed E-state index contributed by atoms with van der Waals surface area (Å²) < 4.78 is 13.1. The zero-order chi connectivity index (χ0) is 14.7. The van der Waals surface area contributed by atoms with Crippen molar-refractivity contribution in [3.05, 3.63) is 54.0 Å². The molecular formula is C17H20FN3. The lowest BCUT2D eigenvalue weighted by molar-refractivity contribution is 0.628. The Morgan fingerprint density at radius 3 is 2.67 bits per heavy atom. The van der Waals surface area contributed by atoms with Crippen molar-refractivity contribution in [1.29, 1.82) is 0 Å². The molecule has 1 aliphatic rings. The number of hydrogen-bond acceptors (Lipinski definition) is 3. The number of halogens is 1. The Morgan fingerprint density at radius 2 is 2.00 bits per heavy atom. The van der Waals surface area contributed by atoms with Crippen LogP contribution in [-0.2, 0) is 6.54 Å². The maximum Gasteiger partial charge on any atom is 0.133 e. The van der Waals surface area contributed by atoms with Gasteiger partial charge < -0.3 is 10.2 Å². The Kier molecular flexibility index (Phi) is 4.15. The molecule has 110 valence electrons. The molecule has 1 aliphatic carbocycles. The van der Waals surface area contributed by atoms with Crippen LogP contribution < -0.4 is 10.2 Å². The highest BCUT2D eigenvalue weighted by Crippen LogP contribution is 2.24. The number of nitrogens with zero attached hydrogens (tertiary/aromatic N) is 2. The first-order chi connectivity index (χ1) is 10.3. The molecule has 2 aromatic rings. The Morgan fingerprint density at radius 1 is 1.24 bits per heavy atom. The van der Waals surface area contributed by atoms with Crippen molar-refractivity contribution in [2.24, 2.45) is 0 Å². The highest BCUT2D eigenvalue weighted by molar-refractivity contribution is 5.60. The number of benzene rings is 1. The molecule has 1 fully saturated rings. The third-order valence-corrected chi connectivity index (χ3v) is 3.71. The normalized spacial score (nSPS) is 14.2. The van der Waals surface area contributed by atoms with Crippen LogP contribution in [0.15, 0.2) is 42.6 Å². The topological polar surface area (TPSA) is 28.2 Å². The van der Waals surface area contributed by atoms with Gasteiger partial charge in [0.2, 0.25) is 0 Å². The average Bonchev–Trinajstić information content (AvgIpc) is 3.33. The molecule has 0 atom stereocenters. The van der Waals surface area contributed by atoms with E-state index in [4.69, 9.17) is 0 Å². The van der Waals surface area contributed by atoms with Crippen molar-refractivity contribution in [3.63, 3.8) is 0 Å². The minimum Gasteiger partial charge on any atom is -0.327 e. The van der Waals surface area contributed by atoms with Crippen LogP contribution in [0, 0.1) is 5.82 Å². The minimum atomic E-state index is -0.217. The summed E-state index contributed by atoms with van der Waals surface area (Å²) in [6.45, 7) is 3.74. The second-order valence-corrected chi connectivity index (χ2v) is 5.40. The molecule has 0 aliphatic heterocycles. The van der Waals surface area contributed by atoms with E-state index < -0.39 is 0 Å². The van der Waals surface area contributed by atoms with Crippen LogP contribution in [0.25, 0.3) is 0 Å². The molecule has 21 heavy (non-hydrogen) atoms. The summed E-state index contributed by atoms with van der Waals surface area (Å²) in [5.41, 5.74) is 2.19. The number of nitrogens with one attached hydrogen (secondary N) is 1. The van der Waals surface area contributed by atoms with Gasteiger partial charge in [0.1, 0.15) is 11.6 Å². The highest BCUT2D eigenvalue weighted by Gasteiger charge is 2.20. The van der Waals surface area contributed by atoms with E-state index in [1.807, 2.05) is 12.3 Å². The molecule has 0 unspecified atom stereocenters. The fraction of sp³-hybridized carbons (Fsp3) is 0.353. The molecule has 1 N–H and O–H groups in total. The predicted octanol–water partition coefficient (Wildman–Crippen LogP) is 3.63. The van der Waals surface area contributed by atoms with Gasteiger partial charge in [0, 0.05) is 31.0 Å². The molecule has 4 heteroatoms. The minimum absolute atomic E-state index is 0.217. The van der Waals surface area contributed by atoms with Crippen molar-refractivity contribution in [2.45, 2.75) is 32.4 Å². The molecule has 1 heterocycles. The van der Waals surface area contributed by atoms with Gasteiger partial charge in [0.05, 0.1) is 0 Å². The van der Waals surface area contributed by atoms with Crippen molar-refractivity contribution >= 4 is 11.5 Å². The summed E-state index contributed by atoms with van der Waals surface area (Å²) in [5, 5.41) is 3.51. The van der Waals surface area contributed by atoms with Gasteiger partial charge >= 0.3 is 0 Å². The van der Waals surface area contributed by atoms with Crippen LogP contribution in [0.5, 0.6) is 0 Å². The van der Waals surface area contributed by atoms with Crippen LogP contribution in [0.2, 0.25) is 0 Å². The molecule has 1 saturated carbocycles. The summed E-state index contributed by atoms with van der Waals surface area (Å²) in [5.74, 6) is 0.685. The molecule has 3 nitrogen and oxygen atoms in total. The lowest BCUT2D eigenvalue weighted by atomic mass is 10.2. The molecular weight excluding hydrogens is 265 g/mol. The first kappa shape index (κ1) is 14.0. The largest absolute Gasteiger partial charge is 0.327 e. The Bertz CT molecular complexity index is 593. The van der Waals surface area contributed by atoms with E-state index in [9.17, 15) is 4.39 Å². The number of anilines is 2. The lowest BCUT2D eigenvalue weighted by Gasteiger charge is -2.22. The van der Waals surface area contributed by atoms with Crippen molar-refractivity contribution in [1.82, 2.24) is 10.3 Å². The second kappa shape index (κ2) is 6.22. The van der Waals surface area contributed by atoms with Gasteiger partial charge in [0.15, 0.2) is 0 Å². The molecule has 1 aromatic heterocycles. The number of hydrogen-bond donors (Lipinski definition) is 1. The third kappa shape index (κ3) is 3.58. The van der Waals surface area contributed by atoms with Gasteiger partial charge in [-0.15, -0.1) is 0 Å². The standard InChI is InChI=1S/C17H20FN3/c1-2-21(16-7-3-14(18)4-8-16)17-11-13(9-10-19-17)12-20-15-5-6-15/h3-4,7-11,15,20H,2,5-6,12H2,1H3. The zero-order valence-corrected chi connectivity index (χ0v) is 12.2. The van der Waals surface area contributed by atoms with Gasteiger partial charge in [-0.3, -0.25) is 0 Å². The monoisotopic (exact) mass is 285 g/mol. The SMILES string of the molecule is CCN(c1ccc(F)cc1)c1cc(CNC2CC2)ccn1. The van der Waals surface area contributed by atoms with Crippen LogP contribution in [0.4, 0.5) is 15.9 Å². The molecule has 0 bridgehead atoms. The number of rotatable bonds is 6. The molecule has 0 radical (unpaired) electrons. The molecule has 0 saturated heterocycles. The fourth-order valence-corrected chi connectivity index (χ4v) is 2.37. The van der Waals surface area contributed by atoms with Crippen LogP contribution in [0.3, 0.4) is 0 Å². The van der Waals surface area contributed by atoms with E-state index >= 15 is 0 Å². The van der Waals surface area contributed by atoms with Gasteiger partial charge in [-0.05, 0) is 61.7 Å². The molecule has 3 rings (SSSR count). The van der Waals surface area contributed by atoms with E-state index in [0.29, 0.717) is 6.04 Å². The second-order valence-electron chi connectivity index (χ2n) is 5.40. The molecule has 1 aromatic carbocycles. The Labute approximate surface area is 124 Å². The molecule has 0 amide bonds. The van der Waals surface area contributed by atoms with Crippen molar-refractivity contribution in [2.75, 3.05) is 11.4 Å². The average molecular weight is 285 g/mol. The summed E-state index contributed by atoms with van der Waals surface area (Å²) in [4.78, 5) is 6.54. The Hall–Kier alpha value is -1.94. The van der Waals surface area contributed by atoms with E-state index in [-0.39, 0.29) is 5.82 Å². The third-order valence-electron chi connectivity index (χ3n) is 3.71. The summed E-state index contributed by atoms with van der Waals surface area (Å²) >= 11 is 0. The smallest absolute Gasteiger partial charge is 0.133 e. The predicted molar refractivity (Wildman–Crippen MR) is 83.2 cm³/mol. The van der Waals surface area contributed by atoms with Crippen LogP contribution in [-0.4, -0.2) is 17.6 Å². The van der Waals surface area contributed by atoms with Gasteiger partial charge in [-0.25, -0.2) is 9.37 Å². The summed E-state index contributed by atoms with van der Waals surface area (Å²) in [6, 6.07) is 11.4. The van der Waals surface area contributed by atoms with E-state index in [2.05, 4.69) is 28.2 Å². The van der Waals surface area contributed by atoms with Gasteiger partial charge in [-0.1, -0.05) is 0 Å². The highest BCUT2D eigenvalue weighted by atomic mass is 19.1. The maximum atomic E-state index is 13.1. The van der Waals surface area contributed by atoms with E-state index in [0.717, 1.165) is 24.6 Å². The first-order valence-electron chi connectivity index (χ1n) is 7.47. The number of aromatic nitrogens is 1. The lowest BCUT2D eigenvalue weighted by Crippen LogP contribution is -2.19. The van der Waals surface area contributed by atoms with E-state index in [1.54, 1.807) is 12.1 Å². The van der Waals surface area contributed by atoms with Crippen LogP contribution >= 0.6 is 0 Å². The summed E-state index contributed by atoms with van der Waals surface area (Å²) in [7, 11) is 0. The first-order valence-corrected chi connectivity index (χ1v) is 7.47. The van der Waals surface area contributed by atoms with Gasteiger partial charge in [-0.2, -0.15) is 0 Å². The Balaban J connectivity index is 1.78. The van der Waals surface area contributed by atoms with Crippen molar-refractivity contribution in [3.8, 4) is 0 Å². The summed E-state index contributed by atoms with van der Waals surface area (Å²) in [6.07, 6.45) is 4.41. The van der Waals surface area contributed by atoms with Gasteiger partial charge in [0.25, 0.3) is 0 Å². The number of pyridine rings is 1. The van der Waals surface area contributed by atoms with E-state index in [1.165, 1.54) is 30.5 Å². The quantitative estimate of drug-likeness (QED) is 0.878. The fourth-order valence-electron chi connectivity index (χ4n) is 2.37.